The fourth-order valence-electron chi connectivity index (χ4n) is 6.56. The van der Waals surface area contributed by atoms with E-state index in [-0.39, 0.29) is 5.97 Å². The lowest BCUT2D eigenvalue weighted by atomic mass is 9.64. The Morgan fingerprint density at radius 1 is 0.938 bits per heavy atom. The van der Waals surface area contributed by atoms with Crippen molar-refractivity contribution >= 4 is 5.97 Å². The van der Waals surface area contributed by atoms with Crippen molar-refractivity contribution in [3.05, 3.63) is 0 Å². The largest absolute Gasteiger partial charge is 0.465 e. The van der Waals surface area contributed by atoms with Crippen LogP contribution in [0.5, 0.6) is 0 Å². The number of carbonyl (C=O) groups is 1. The van der Waals surface area contributed by atoms with Crippen LogP contribution in [0.4, 0.5) is 0 Å². The summed E-state index contributed by atoms with van der Waals surface area (Å²) < 4.78 is 5.32. The number of fused-ring (bicyclic) bond motifs is 12. The van der Waals surface area contributed by atoms with Crippen LogP contribution in [-0.4, -0.2) is 12.6 Å². The monoisotopic (exact) mass is 218 g/mol. The van der Waals surface area contributed by atoms with Gasteiger partial charge in [-0.2, -0.15) is 0 Å². The summed E-state index contributed by atoms with van der Waals surface area (Å²) >= 11 is 0. The average Bonchev–Trinajstić information content (AvgIpc) is 2.99. The second kappa shape index (κ2) is 2.49. The maximum atomic E-state index is 11.8. The summed E-state index contributed by atoms with van der Waals surface area (Å²) in [5.41, 5.74) is 0. The first-order chi connectivity index (χ1) is 7.84. The Kier molecular flexibility index (Phi) is 1.33. The van der Waals surface area contributed by atoms with E-state index >= 15 is 0 Å². The molecule has 0 N–H and O–H groups in total. The molecule has 4 aliphatic carbocycles. The summed E-state index contributed by atoms with van der Waals surface area (Å²) in [6, 6.07) is 0. The zero-order valence-electron chi connectivity index (χ0n) is 9.47. The molecule has 1 heterocycles. The quantitative estimate of drug-likeness (QED) is 0.459. The lowest BCUT2D eigenvalue weighted by Gasteiger charge is -2.38. The van der Waals surface area contributed by atoms with Crippen LogP contribution in [-0.2, 0) is 9.53 Å². The second-order valence-corrected chi connectivity index (χ2v) is 6.87. The number of hydrogen-bond donors (Lipinski definition) is 0. The molecular formula is C14H18O2. The Morgan fingerprint density at radius 3 is 2.50 bits per heavy atom. The number of cyclic esters (lactones) is 1. The molecule has 2 heteroatoms. The van der Waals surface area contributed by atoms with Crippen molar-refractivity contribution in [1.29, 1.82) is 0 Å². The van der Waals surface area contributed by atoms with E-state index in [0.717, 1.165) is 42.1 Å². The molecule has 86 valence electrons. The van der Waals surface area contributed by atoms with Gasteiger partial charge in [0.25, 0.3) is 0 Å². The minimum absolute atomic E-state index is 0.152. The maximum absolute atomic E-state index is 11.8. The van der Waals surface area contributed by atoms with Crippen LogP contribution < -0.4 is 0 Å². The highest BCUT2D eigenvalue weighted by atomic mass is 16.5. The molecule has 0 aromatic carbocycles. The van der Waals surface area contributed by atoms with Crippen molar-refractivity contribution in [2.45, 2.75) is 25.7 Å². The van der Waals surface area contributed by atoms with Gasteiger partial charge in [0.05, 0.1) is 12.5 Å². The van der Waals surface area contributed by atoms with Crippen LogP contribution in [0.25, 0.3) is 0 Å². The van der Waals surface area contributed by atoms with Crippen LogP contribution in [0.2, 0.25) is 0 Å². The number of esters is 1. The molecule has 16 heavy (non-hydrogen) atoms. The summed E-state index contributed by atoms with van der Waals surface area (Å²) in [7, 11) is 0. The Labute approximate surface area is 95.7 Å². The van der Waals surface area contributed by atoms with E-state index in [9.17, 15) is 4.79 Å². The van der Waals surface area contributed by atoms with Gasteiger partial charge in [-0.15, -0.1) is 0 Å². The van der Waals surface area contributed by atoms with Gasteiger partial charge in [0.1, 0.15) is 0 Å². The van der Waals surface area contributed by atoms with Gasteiger partial charge in [0.2, 0.25) is 0 Å². The molecule has 5 aliphatic rings. The van der Waals surface area contributed by atoms with E-state index < -0.39 is 0 Å². The van der Waals surface area contributed by atoms with E-state index in [2.05, 4.69) is 0 Å². The van der Waals surface area contributed by atoms with Crippen molar-refractivity contribution in [2.24, 2.45) is 47.3 Å². The predicted octanol–water partition coefficient (Wildman–Crippen LogP) is 2.09. The summed E-state index contributed by atoms with van der Waals surface area (Å²) in [6.45, 7) is 0.755. The first kappa shape index (κ1) is 8.54. The normalized spacial score (nSPS) is 64.9. The minimum atomic E-state index is 0.152. The molecule has 1 aliphatic heterocycles. The Bertz CT molecular complexity index is 377. The molecule has 0 spiro atoms. The van der Waals surface area contributed by atoms with Gasteiger partial charge in [-0.05, 0) is 61.2 Å². The van der Waals surface area contributed by atoms with Crippen LogP contribution in [0, 0.1) is 47.3 Å². The topological polar surface area (TPSA) is 26.3 Å². The van der Waals surface area contributed by atoms with Gasteiger partial charge in [0.15, 0.2) is 0 Å². The molecule has 2 nitrogen and oxygen atoms in total. The van der Waals surface area contributed by atoms with E-state index in [4.69, 9.17) is 4.74 Å². The molecule has 4 saturated carbocycles. The molecule has 4 bridgehead atoms. The molecule has 0 aromatic heterocycles. The molecule has 0 aromatic rings. The molecule has 8 atom stereocenters. The second-order valence-electron chi connectivity index (χ2n) is 6.87. The average molecular weight is 218 g/mol. The van der Waals surface area contributed by atoms with E-state index in [1.54, 1.807) is 0 Å². The van der Waals surface area contributed by atoms with Crippen molar-refractivity contribution in [3.8, 4) is 0 Å². The smallest absolute Gasteiger partial charge is 0.309 e. The van der Waals surface area contributed by atoms with E-state index in [1.165, 1.54) is 25.7 Å². The lowest BCUT2D eigenvalue weighted by molar-refractivity contribution is -0.143. The molecule has 7 unspecified atom stereocenters. The zero-order valence-corrected chi connectivity index (χ0v) is 9.47. The third-order valence-corrected chi connectivity index (χ3v) is 6.74. The summed E-state index contributed by atoms with van der Waals surface area (Å²) in [5, 5.41) is 0. The standard InChI is InChI=1S/C14H18O2/c15-14-13-9-4-8(10(13)5-16-14)11-6-1-2-7(3-6)12(9)11/h6-13H,1-5H2/t6?,7?,8?,9?,10?,11?,12-,13?/m0/s1. The zero-order chi connectivity index (χ0) is 10.4. The Morgan fingerprint density at radius 2 is 1.69 bits per heavy atom. The molecule has 1 saturated heterocycles. The highest BCUT2D eigenvalue weighted by Gasteiger charge is 2.68. The lowest BCUT2D eigenvalue weighted by Crippen LogP contribution is -2.38. The summed E-state index contributed by atoms with van der Waals surface area (Å²) in [5.74, 6) is 6.63. The fourth-order valence-corrected chi connectivity index (χ4v) is 6.56. The number of rotatable bonds is 0. The van der Waals surface area contributed by atoms with Gasteiger partial charge < -0.3 is 4.74 Å². The van der Waals surface area contributed by atoms with Crippen molar-refractivity contribution in [3.63, 3.8) is 0 Å². The third-order valence-electron chi connectivity index (χ3n) is 6.74. The first-order valence-corrected chi connectivity index (χ1v) is 7.01. The Hall–Kier alpha value is -0.530. The summed E-state index contributed by atoms with van der Waals surface area (Å²) in [6.07, 6.45) is 5.81. The molecular weight excluding hydrogens is 200 g/mol. The van der Waals surface area contributed by atoms with Gasteiger partial charge in [-0.25, -0.2) is 0 Å². The molecule has 0 radical (unpaired) electrons. The van der Waals surface area contributed by atoms with Crippen molar-refractivity contribution in [2.75, 3.05) is 6.61 Å². The number of hydrogen-bond acceptors (Lipinski definition) is 2. The third kappa shape index (κ3) is 0.733. The SMILES string of the molecule is O=C1OCC2C3CC(C12)[C@@H]1C2CCC(C2)C31. The van der Waals surface area contributed by atoms with Gasteiger partial charge in [-0.1, -0.05) is 0 Å². The summed E-state index contributed by atoms with van der Waals surface area (Å²) in [4.78, 5) is 11.8. The molecule has 0 amide bonds. The van der Waals surface area contributed by atoms with Gasteiger partial charge in [-0.3, -0.25) is 4.79 Å². The van der Waals surface area contributed by atoms with E-state index in [0.29, 0.717) is 11.8 Å². The molecule has 5 rings (SSSR count). The van der Waals surface area contributed by atoms with E-state index in [1.807, 2.05) is 0 Å². The van der Waals surface area contributed by atoms with Crippen LogP contribution in [0.1, 0.15) is 25.7 Å². The maximum Gasteiger partial charge on any atom is 0.309 e. The van der Waals surface area contributed by atoms with Gasteiger partial charge in [0, 0.05) is 5.92 Å². The first-order valence-electron chi connectivity index (χ1n) is 7.01. The number of ether oxygens (including phenoxy) is 1. The fraction of sp³-hybridized carbons (Fsp3) is 0.929. The predicted molar refractivity (Wildman–Crippen MR) is 57.3 cm³/mol. The highest BCUT2D eigenvalue weighted by Crippen LogP contribution is 2.71. The minimum Gasteiger partial charge on any atom is -0.465 e. The van der Waals surface area contributed by atoms with Crippen LogP contribution in [0.15, 0.2) is 0 Å². The van der Waals surface area contributed by atoms with Crippen LogP contribution >= 0.6 is 0 Å². The number of carbonyl (C=O) groups excluding carboxylic acids is 1. The molecule has 5 fully saturated rings. The van der Waals surface area contributed by atoms with Crippen molar-refractivity contribution < 1.29 is 9.53 Å². The Balaban J connectivity index is 1.60. The van der Waals surface area contributed by atoms with Crippen molar-refractivity contribution in [1.82, 2.24) is 0 Å². The van der Waals surface area contributed by atoms with Gasteiger partial charge >= 0.3 is 5.97 Å². The highest BCUT2D eigenvalue weighted by molar-refractivity contribution is 5.76. The van der Waals surface area contributed by atoms with Crippen LogP contribution in [0.3, 0.4) is 0 Å².